The van der Waals surface area contributed by atoms with E-state index in [1.807, 2.05) is 29.2 Å². The molecule has 4 aromatic rings. The zero-order valence-electron chi connectivity index (χ0n) is 19.1. The van der Waals surface area contributed by atoms with Gasteiger partial charge in [-0.05, 0) is 71.0 Å². The molecule has 0 aliphatic carbocycles. The van der Waals surface area contributed by atoms with Crippen LogP contribution < -0.4 is 10.2 Å². The molecule has 4 nitrogen and oxygen atoms in total. The Kier molecular flexibility index (Phi) is 6.27. The molecule has 0 spiro atoms. The minimum Gasteiger partial charge on any atom is -0.379 e. The van der Waals surface area contributed by atoms with Gasteiger partial charge in [0.1, 0.15) is 0 Å². The highest BCUT2D eigenvalue weighted by Crippen LogP contribution is 2.35. The van der Waals surface area contributed by atoms with Crippen LogP contribution in [0.25, 0.3) is 10.8 Å². The molecule has 0 bridgehead atoms. The van der Waals surface area contributed by atoms with Crippen LogP contribution in [0, 0.1) is 11.3 Å². The zero-order chi connectivity index (χ0) is 23.3. The van der Waals surface area contributed by atoms with Crippen molar-refractivity contribution >= 4 is 28.1 Å². The first kappa shape index (κ1) is 21.7. The Morgan fingerprint density at radius 2 is 1.71 bits per heavy atom. The van der Waals surface area contributed by atoms with Crippen LogP contribution in [-0.2, 0) is 24.2 Å². The summed E-state index contributed by atoms with van der Waals surface area (Å²) in [5.74, 6) is 0.144. The number of rotatable bonds is 6. The summed E-state index contributed by atoms with van der Waals surface area (Å²) in [6.07, 6.45) is 3.08. The van der Waals surface area contributed by atoms with Crippen molar-refractivity contribution in [2.45, 2.75) is 32.2 Å². The molecule has 1 N–H and O–H groups in total. The predicted octanol–water partition coefficient (Wildman–Crippen LogP) is 6.24. The molecule has 0 unspecified atom stereocenters. The van der Waals surface area contributed by atoms with E-state index in [-0.39, 0.29) is 5.91 Å². The minimum absolute atomic E-state index is 0.144. The lowest BCUT2D eigenvalue weighted by atomic mass is 9.99. The average molecular weight is 446 g/mol. The third-order valence-electron chi connectivity index (χ3n) is 6.53. The van der Waals surface area contributed by atoms with Gasteiger partial charge in [0, 0.05) is 19.5 Å². The number of hydrogen-bond donors (Lipinski definition) is 1. The van der Waals surface area contributed by atoms with E-state index in [9.17, 15) is 4.79 Å². The van der Waals surface area contributed by atoms with Gasteiger partial charge in [-0.15, -0.1) is 0 Å². The van der Waals surface area contributed by atoms with E-state index in [1.54, 1.807) is 0 Å². The molecular formula is C30H27N3O. The normalized spacial score (nSPS) is 12.7. The first-order valence-electron chi connectivity index (χ1n) is 11.8. The number of hydrogen-bond acceptors (Lipinski definition) is 3. The Balaban J connectivity index is 1.32. The Morgan fingerprint density at radius 3 is 2.53 bits per heavy atom. The number of carbonyl (C=O) groups excluding carboxylic acids is 1. The van der Waals surface area contributed by atoms with Gasteiger partial charge in [-0.3, -0.25) is 4.79 Å². The minimum atomic E-state index is 0.144. The van der Waals surface area contributed by atoms with Gasteiger partial charge in [0.2, 0.25) is 5.91 Å². The van der Waals surface area contributed by atoms with E-state index in [0.29, 0.717) is 24.9 Å². The molecule has 0 radical (unpaired) electrons. The number of carbonyl (C=O) groups is 1. The molecule has 0 aromatic heterocycles. The van der Waals surface area contributed by atoms with E-state index < -0.39 is 0 Å². The Bertz CT molecular complexity index is 1370. The highest BCUT2D eigenvalue weighted by Gasteiger charge is 2.25. The van der Waals surface area contributed by atoms with Gasteiger partial charge in [-0.2, -0.15) is 5.26 Å². The number of para-hydroxylation sites is 1. The topological polar surface area (TPSA) is 56.1 Å². The maximum absolute atomic E-state index is 13.3. The third-order valence-corrected chi connectivity index (χ3v) is 6.53. The molecule has 1 aliphatic rings. The van der Waals surface area contributed by atoms with Crippen LogP contribution >= 0.6 is 0 Å². The first-order chi connectivity index (χ1) is 16.7. The van der Waals surface area contributed by atoms with Gasteiger partial charge >= 0.3 is 0 Å². The number of aryl methyl sites for hydroxylation is 2. The summed E-state index contributed by atoms with van der Waals surface area (Å²) in [6.45, 7) is 1.45. The number of amides is 1. The van der Waals surface area contributed by atoms with Crippen LogP contribution in [-0.4, -0.2) is 12.5 Å². The second-order valence-corrected chi connectivity index (χ2v) is 8.81. The SMILES string of the molecule is N#Cc1ccc(CCC(=O)N2CCCc3cccc(NCc4ccc5ccccc5c4)c32)cc1. The zero-order valence-corrected chi connectivity index (χ0v) is 19.1. The van der Waals surface area contributed by atoms with Gasteiger partial charge in [0.25, 0.3) is 0 Å². The molecule has 1 amide bonds. The van der Waals surface area contributed by atoms with Crippen LogP contribution in [0.2, 0.25) is 0 Å². The molecule has 0 atom stereocenters. The molecule has 0 saturated carbocycles. The predicted molar refractivity (Wildman–Crippen MR) is 138 cm³/mol. The van der Waals surface area contributed by atoms with Gasteiger partial charge in [0.15, 0.2) is 0 Å². The molecule has 4 aromatic carbocycles. The van der Waals surface area contributed by atoms with Crippen molar-refractivity contribution in [2.24, 2.45) is 0 Å². The summed E-state index contributed by atoms with van der Waals surface area (Å²) in [4.78, 5) is 15.2. The van der Waals surface area contributed by atoms with E-state index in [0.717, 1.165) is 36.3 Å². The first-order valence-corrected chi connectivity index (χ1v) is 11.8. The maximum Gasteiger partial charge on any atom is 0.227 e. The quantitative estimate of drug-likeness (QED) is 0.382. The second kappa shape index (κ2) is 9.80. The summed E-state index contributed by atoms with van der Waals surface area (Å²) in [5.41, 5.74) is 6.19. The molecule has 5 rings (SSSR count). The number of nitrogens with one attached hydrogen (secondary N) is 1. The van der Waals surface area contributed by atoms with Crippen LogP contribution in [0.4, 0.5) is 11.4 Å². The lowest BCUT2D eigenvalue weighted by molar-refractivity contribution is -0.118. The molecule has 4 heteroatoms. The second-order valence-electron chi connectivity index (χ2n) is 8.81. The lowest BCUT2D eigenvalue weighted by Crippen LogP contribution is -2.36. The van der Waals surface area contributed by atoms with Gasteiger partial charge in [-0.25, -0.2) is 0 Å². The fourth-order valence-corrected chi connectivity index (χ4v) is 4.72. The maximum atomic E-state index is 13.3. The van der Waals surface area contributed by atoms with Crippen molar-refractivity contribution in [2.75, 3.05) is 16.8 Å². The summed E-state index contributed by atoms with van der Waals surface area (Å²) < 4.78 is 0. The Labute approximate surface area is 200 Å². The Morgan fingerprint density at radius 1 is 0.912 bits per heavy atom. The van der Waals surface area contributed by atoms with Crippen LogP contribution in [0.5, 0.6) is 0 Å². The number of fused-ring (bicyclic) bond motifs is 2. The highest BCUT2D eigenvalue weighted by molar-refractivity contribution is 5.98. The lowest BCUT2D eigenvalue weighted by Gasteiger charge is -2.32. The van der Waals surface area contributed by atoms with E-state index in [1.165, 1.54) is 21.9 Å². The van der Waals surface area contributed by atoms with Crippen molar-refractivity contribution in [1.29, 1.82) is 5.26 Å². The largest absolute Gasteiger partial charge is 0.379 e. The molecule has 1 heterocycles. The molecule has 0 fully saturated rings. The van der Waals surface area contributed by atoms with E-state index >= 15 is 0 Å². The third kappa shape index (κ3) is 4.65. The van der Waals surface area contributed by atoms with Crippen molar-refractivity contribution in [3.8, 4) is 6.07 Å². The van der Waals surface area contributed by atoms with Crippen molar-refractivity contribution in [1.82, 2.24) is 0 Å². The number of nitrogens with zero attached hydrogens (tertiary/aromatic N) is 2. The van der Waals surface area contributed by atoms with Crippen LogP contribution in [0.3, 0.4) is 0 Å². The smallest absolute Gasteiger partial charge is 0.227 e. The van der Waals surface area contributed by atoms with Gasteiger partial charge in [-0.1, -0.05) is 60.7 Å². The van der Waals surface area contributed by atoms with Crippen LogP contribution in [0.1, 0.15) is 35.1 Å². The summed E-state index contributed by atoms with van der Waals surface area (Å²) >= 11 is 0. The fourth-order valence-electron chi connectivity index (χ4n) is 4.72. The number of nitriles is 1. The Hall–Kier alpha value is -4.10. The van der Waals surface area contributed by atoms with E-state index in [2.05, 4.69) is 72.0 Å². The average Bonchev–Trinajstić information content (AvgIpc) is 2.90. The summed E-state index contributed by atoms with van der Waals surface area (Å²) in [6, 6.07) is 30.8. The van der Waals surface area contributed by atoms with Crippen molar-refractivity contribution in [3.63, 3.8) is 0 Å². The summed E-state index contributed by atoms with van der Waals surface area (Å²) in [7, 11) is 0. The molecule has 168 valence electrons. The summed E-state index contributed by atoms with van der Waals surface area (Å²) in [5, 5.41) is 15.1. The monoisotopic (exact) mass is 445 g/mol. The molecule has 34 heavy (non-hydrogen) atoms. The van der Waals surface area contributed by atoms with Crippen LogP contribution in [0.15, 0.2) is 84.9 Å². The van der Waals surface area contributed by atoms with Crippen molar-refractivity contribution < 1.29 is 4.79 Å². The standard InChI is InChI=1S/C30H27N3O/c31-20-23-12-10-22(11-13-23)15-17-29(34)33-18-4-8-26-7-3-9-28(30(26)33)32-21-24-14-16-25-5-1-2-6-27(25)19-24/h1-3,5-7,9-14,16,19,32H,4,8,15,17-18,21H2. The molecule has 1 aliphatic heterocycles. The van der Waals surface area contributed by atoms with Gasteiger partial charge in [0.05, 0.1) is 23.0 Å². The number of benzene rings is 4. The molecule has 0 saturated heterocycles. The molecular weight excluding hydrogens is 418 g/mol. The van der Waals surface area contributed by atoms with Crippen molar-refractivity contribution in [3.05, 3.63) is 107 Å². The van der Waals surface area contributed by atoms with Gasteiger partial charge < -0.3 is 10.2 Å². The van der Waals surface area contributed by atoms with E-state index in [4.69, 9.17) is 5.26 Å². The number of anilines is 2. The highest BCUT2D eigenvalue weighted by atomic mass is 16.2. The fraction of sp³-hybridized carbons (Fsp3) is 0.200.